The van der Waals surface area contributed by atoms with Crippen molar-refractivity contribution in [3.63, 3.8) is 0 Å². The molecule has 2 atom stereocenters. The topological polar surface area (TPSA) is 137 Å². The quantitative estimate of drug-likeness (QED) is 0.401. The third kappa shape index (κ3) is 9.64. The van der Waals surface area contributed by atoms with Crippen LogP contribution in [0.4, 0.5) is 26.3 Å². The number of carbonyl (C=O) groups is 4. The summed E-state index contributed by atoms with van der Waals surface area (Å²) < 4.78 is 68.9. The van der Waals surface area contributed by atoms with Crippen molar-refractivity contribution in [2.24, 2.45) is 11.3 Å². The molecule has 10 nitrogen and oxygen atoms in total. The van der Waals surface area contributed by atoms with E-state index in [4.69, 9.17) is 24.5 Å². The fourth-order valence-corrected chi connectivity index (χ4v) is 4.31. The molecule has 0 radical (unpaired) electrons. The number of carboxylic acids is 2. The molecule has 0 saturated carbocycles. The molecule has 2 fully saturated rings. The van der Waals surface area contributed by atoms with E-state index in [9.17, 15) is 35.9 Å². The minimum Gasteiger partial charge on any atom is -0.475 e. The van der Waals surface area contributed by atoms with Gasteiger partial charge in [0, 0.05) is 44.3 Å². The fourth-order valence-electron chi connectivity index (χ4n) is 4.31. The molecule has 40 heavy (non-hydrogen) atoms. The fraction of sp³-hybridized carbons (Fsp3) is 0.625. The molecular weight excluding hydrogens is 556 g/mol. The number of esters is 1. The van der Waals surface area contributed by atoms with Gasteiger partial charge in [-0.1, -0.05) is 6.07 Å². The van der Waals surface area contributed by atoms with Crippen LogP contribution in [0.1, 0.15) is 44.1 Å². The van der Waals surface area contributed by atoms with E-state index in [1.807, 2.05) is 24.0 Å². The zero-order chi connectivity index (χ0) is 30.9. The van der Waals surface area contributed by atoms with Crippen molar-refractivity contribution >= 4 is 23.8 Å². The number of carboxylic acid groups (broad SMARTS) is 2. The standard InChI is InChI=1S/C20H29N3O3.2C2HF3O2/c1-4-26-19(25)20-9-7-11-22(18(24)17-8-5-6-10-21-17)12-16(20)13-23(14-20)15(2)3;2*3-2(4,5)1(6)7/h5-6,8,10,15-16H,4,7,9,11-14H2,1-3H3;2*(H,6,7)/t16-,20-;;/m0../s1. The van der Waals surface area contributed by atoms with E-state index in [1.165, 1.54) is 0 Å². The van der Waals surface area contributed by atoms with Crippen molar-refractivity contribution in [3.8, 4) is 0 Å². The second-order valence-electron chi connectivity index (χ2n) is 9.27. The van der Waals surface area contributed by atoms with Crippen molar-refractivity contribution in [2.75, 3.05) is 32.8 Å². The highest BCUT2D eigenvalue weighted by atomic mass is 19.4. The van der Waals surface area contributed by atoms with E-state index in [0.29, 0.717) is 31.4 Å². The maximum atomic E-state index is 12.9. The number of hydrogen-bond donors (Lipinski definition) is 2. The summed E-state index contributed by atoms with van der Waals surface area (Å²) in [6.07, 6.45) is -6.95. The summed E-state index contributed by atoms with van der Waals surface area (Å²) in [4.78, 5) is 52.0. The number of carbonyl (C=O) groups excluding carboxylic acids is 2. The number of aromatic nitrogens is 1. The first-order valence-electron chi connectivity index (χ1n) is 12.1. The van der Waals surface area contributed by atoms with Crippen LogP contribution in [0, 0.1) is 11.3 Å². The molecule has 2 aliphatic rings. The van der Waals surface area contributed by atoms with Gasteiger partial charge < -0.3 is 19.8 Å². The number of halogens is 6. The van der Waals surface area contributed by atoms with Gasteiger partial charge in [-0.15, -0.1) is 0 Å². The van der Waals surface area contributed by atoms with Crippen molar-refractivity contribution in [1.29, 1.82) is 0 Å². The third-order valence-corrected chi connectivity index (χ3v) is 6.28. The van der Waals surface area contributed by atoms with Gasteiger partial charge in [-0.3, -0.25) is 19.5 Å². The average molecular weight is 588 g/mol. The van der Waals surface area contributed by atoms with Crippen LogP contribution in [0.5, 0.6) is 0 Å². The number of amides is 1. The van der Waals surface area contributed by atoms with E-state index in [-0.39, 0.29) is 17.8 Å². The summed E-state index contributed by atoms with van der Waals surface area (Å²) in [5.41, 5.74) is -0.0331. The van der Waals surface area contributed by atoms with Gasteiger partial charge in [0.2, 0.25) is 0 Å². The second kappa shape index (κ2) is 14.3. The molecular formula is C24H31F6N3O7. The minimum absolute atomic E-state index is 0.0479. The normalized spacial score (nSPS) is 21.1. The van der Waals surface area contributed by atoms with Crippen LogP contribution in [0.2, 0.25) is 0 Å². The average Bonchev–Trinajstić information content (AvgIpc) is 3.13. The molecule has 0 unspecified atom stereocenters. The Morgan fingerprint density at radius 1 is 1.05 bits per heavy atom. The van der Waals surface area contributed by atoms with Gasteiger partial charge >= 0.3 is 30.3 Å². The summed E-state index contributed by atoms with van der Waals surface area (Å²) in [6.45, 7) is 9.34. The predicted octanol–water partition coefficient (Wildman–Crippen LogP) is 3.47. The molecule has 2 saturated heterocycles. The first-order chi connectivity index (χ1) is 18.4. The molecule has 226 valence electrons. The summed E-state index contributed by atoms with van der Waals surface area (Å²) in [6, 6.07) is 5.76. The highest BCUT2D eigenvalue weighted by Crippen LogP contribution is 2.44. The Morgan fingerprint density at radius 3 is 2.02 bits per heavy atom. The Balaban J connectivity index is 0.000000473. The van der Waals surface area contributed by atoms with Gasteiger partial charge in [0.05, 0.1) is 12.0 Å². The molecule has 3 rings (SSSR count). The van der Waals surface area contributed by atoms with Gasteiger partial charge in [-0.25, -0.2) is 9.59 Å². The van der Waals surface area contributed by atoms with Gasteiger partial charge in [0.1, 0.15) is 5.69 Å². The number of alkyl halides is 6. The number of aliphatic carboxylic acids is 2. The van der Waals surface area contributed by atoms with Gasteiger partial charge in [0.15, 0.2) is 0 Å². The maximum absolute atomic E-state index is 12.9. The van der Waals surface area contributed by atoms with Crippen LogP contribution in [-0.2, 0) is 19.1 Å². The summed E-state index contributed by atoms with van der Waals surface area (Å²) >= 11 is 0. The molecule has 0 bridgehead atoms. The smallest absolute Gasteiger partial charge is 0.475 e. The van der Waals surface area contributed by atoms with Crippen LogP contribution in [-0.4, -0.2) is 100.0 Å². The van der Waals surface area contributed by atoms with Gasteiger partial charge in [-0.05, 0) is 45.7 Å². The van der Waals surface area contributed by atoms with Crippen LogP contribution in [0.25, 0.3) is 0 Å². The Morgan fingerprint density at radius 2 is 1.60 bits per heavy atom. The van der Waals surface area contributed by atoms with Crippen LogP contribution in [0.15, 0.2) is 24.4 Å². The highest BCUT2D eigenvalue weighted by molar-refractivity contribution is 5.92. The lowest BCUT2D eigenvalue weighted by Crippen LogP contribution is -2.43. The largest absolute Gasteiger partial charge is 0.490 e. The number of pyridine rings is 1. The summed E-state index contributed by atoms with van der Waals surface area (Å²) in [5, 5.41) is 14.2. The lowest BCUT2D eigenvalue weighted by molar-refractivity contribution is -0.193. The van der Waals surface area contributed by atoms with E-state index in [0.717, 1.165) is 25.9 Å². The van der Waals surface area contributed by atoms with Crippen molar-refractivity contribution in [3.05, 3.63) is 30.1 Å². The molecule has 1 aromatic rings. The molecule has 0 aromatic carbocycles. The Bertz CT molecular complexity index is 996. The Labute approximate surface area is 225 Å². The van der Waals surface area contributed by atoms with Crippen LogP contribution in [0.3, 0.4) is 0 Å². The second-order valence-corrected chi connectivity index (χ2v) is 9.27. The first kappa shape index (κ1) is 34.6. The van der Waals surface area contributed by atoms with Crippen LogP contribution < -0.4 is 0 Å². The van der Waals surface area contributed by atoms with E-state index >= 15 is 0 Å². The Hall–Kier alpha value is -3.43. The summed E-state index contributed by atoms with van der Waals surface area (Å²) in [5.74, 6) is -5.56. The number of fused-ring (bicyclic) bond motifs is 1. The molecule has 1 aromatic heterocycles. The third-order valence-electron chi connectivity index (χ3n) is 6.28. The number of likely N-dealkylation sites (tertiary alicyclic amines) is 2. The molecule has 16 heteroatoms. The highest BCUT2D eigenvalue weighted by Gasteiger charge is 2.54. The first-order valence-corrected chi connectivity index (χ1v) is 12.1. The lowest BCUT2D eigenvalue weighted by Gasteiger charge is -2.31. The predicted molar refractivity (Wildman–Crippen MR) is 126 cm³/mol. The van der Waals surface area contributed by atoms with E-state index < -0.39 is 29.7 Å². The zero-order valence-corrected chi connectivity index (χ0v) is 22.0. The molecule has 2 N–H and O–H groups in total. The molecule has 3 heterocycles. The number of nitrogens with zero attached hydrogens (tertiary/aromatic N) is 3. The van der Waals surface area contributed by atoms with Gasteiger partial charge in [-0.2, -0.15) is 26.3 Å². The Kier molecular flexibility index (Phi) is 12.3. The lowest BCUT2D eigenvalue weighted by atomic mass is 9.75. The molecule has 2 aliphatic heterocycles. The minimum atomic E-state index is -5.08. The SMILES string of the molecule is CCOC(=O)[C@]12CCCN(C(=O)c3ccccn3)C[C@H]1CN(C(C)C)C2.O=C(O)C(F)(F)F.O=C(O)C(F)(F)F. The summed E-state index contributed by atoms with van der Waals surface area (Å²) in [7, 11) is 0. The van der Waals surface area contributed by atoms with Crippen molar-refractivity contribution < 1.29 is 60.5 Å². The molecule has 1 amide bonds. The maximum Gasteiger partial charge on any atom is 0.490 e. The number of hydrogen-bond acceptors (Lipinski definition) is 7. The van der Waals surface area contributed by atoms with Gasteiger partial charge in [0.25, 0.3) is 5.91 Å². The van der Waals surface area contributed by atoms with Crippen molar-refractivity contribution in [1.82, 2.24) is 14.8 Å². The number of ether oxygens (including phenoxy) is 1. The van der Waals surface area contributed by atoms with Crippen LogP contribution >= 0.6 is 0 Å². The van der Waals surface area contributed by atoms with Crippen molar-refractivity contribution in [2.45, 2.75) is 52.0 Å². The van der Waals surface area contributed by atoms with E-state index in [2.05, 4.69) is 23.7 Å². The monoisotopic (exact) mass is 587 g/mol. The number of rotatable bonds is 4. The zero-order valence-electron chi connectivity index (χ0n) is 22.0. The molecule has 0 aliphatic carbocycles. The molecule has 0 spiro atoms. The van der Waals surface area contributed by atoms with E-state index in [1.54, 1.807) is 12.3 Å².